The number of nitrogens with one attached hydrogen (secondary N) is 1. The van der Waals surface area contributed by atoms with Gasteiger partial charge in [-0.3, -0.25) is 4.79 Å². The molecule has 3 rings (SSSR count). The number of anilines is 1. The van der Waals surface area contributed by atoms with Crippen molar-refractivity contribution in [2.45, 2.75) is 6.92 Å². The van der Waals surface area contributed by atoms with Gasteiger partial charge in [0, 0.05) is 10.7 Å². The Morgan fingerprint density at radius 1 is 1.23 bits per heavy atom. The minimum absolute atomic E-state index is 0.0721. The summed E-state index contributed by atoms with van der Waals surface area (Å²) in [6.45, 7) is 2.67. The van der Waals surface area contributed by atoms with E-state index in [1.165, 1.54) is 6.08 Å². The first-order chi connectivity index (χ1) is 12.5. The van der Waals surface area contributed by atoms with E-state index in [9.17, 15) is 10.1 Å². The highest BCUT2D eigenvalue weighted by molar-refractivity contribution is 6.32. The number of benzene rings is 2. The van der Waals surface area contributed by atoms with Crippen molar-refractivity contribution >= 4 is 40.9 Å². The first-order valence-corrected chi connectivity index (χ1v) is 8.52. The standard InChI is InChI=1S/C19H14Cl2N2O3/c1-11-2-3-14(20)9-16(11)23-19(24)13(10-22)6-12-7-15(21)18-17(8-12)25-4-5-26-18/h2-3,6-9H,4-5H2,1H3,(H,23,24)/b13-6+. The number of fused-ring (bicyclic) bond motifs is 1. The van der Waals surface area contributed by atoms with Crippen LogP contribution in [0.5, 0.6) is 11.5 Å². The van der Waals surface area contributed by atoms with Crippen LogP contribution in [0.15, 0.2) is 35.9 Å². The number of amides is 1. The van der Waals surface area contributed by atoms with Crippen LogP contribution in [0.2, 0.25) is 10.0 Å². The quantitative estimate of drug-likeness (QED) is 0.614. The number of rotatable bonds is 3. The van der Waals surface area contributed by atoms with Gasteiger partial charge in [0.05, 0.1) is 5.02 Å². The summed E-state index contributed by atoms with van der Waals surface area (Å²) in [5.74, 6) is 0.412. The van der Waals surface area contributed by atoms with Crippen LogP contribution in [0.4, 0.5) is 5.69 Å². The SMILES string of the molecule is Cc1ccc(Cl)cc1NC(=O)/C(C#N)=C/c1cc(Cl)c2c(c1)OCCO2. The fraction of sp³-hybridized carbons (Fsp3) is 0.158. The second-order valence-electron chi connectivity index (χ2n) is 5.61. The summed E-state index contributed by atoms with van der Waals surface area (Å²) in [4.78, 5) is 12.5. The Labute approximate surface area is 160 Å². The molecule has 7 heteroatoms. The number of carbonyl (C=O) groups excluding carboxylic acids is 1. The summed E-state index contributed by atoms with van der Waals surface area (Å²) in [6, 6.07) is 10.3. The lowest BCUT2D eigenvalue weighted by atomic mass is 10.1. The highest BCUT2D eigenvalue weighted by Gasteiger charge is 2.17. The Morgan fingerprint density at radius 2 is 2.00 bits per heavy atom. The molecule has 0 saturated carbocycles. The number of nitriles is 1. The Kier molecular flexibility index (Phi) is 5.36. The molecule has 1 N–H and O–H groups in total. The molecule has 2 aromatic carbocycles. The second kappa shape index (κ2) is 7.69. The van der Waals surface area contributed by atoms with Crippen molar-refractivity contribution < 1.29 is 14.3 Å². The molecule has 0 bridgehead atoms. The van der Waals surface area contributed by atoms with Gasteiger partial charge in [0.25, 0.3) is 5.91 Å². The number of halogens is 2. The molecule has 0 aromatic heterocycles. The van der Waals surface area contributed by atoms with Crippen molar-refractivity contribution in [3.05, 3.63) is 57.1 Å². The molecule has 2 aromatic rings. The minimum Gasteiger partial charge on any atom is -0.486 e. The Morgan fingerprint density at radius 3 is 2.77 bits per heavy atom. The van der Waals surface area contributed by atoms with E-state index in [0.29, 0.717) is 46.0 Å². The normalized spacial score (nSPS) is 13.1. The van der Waals surface area contributed by atoms with Crippen molar-refractivity contribution in [2.75, 3.05) is 18.5 Å². The number of hydrogen-bond donors (Lipinski definition) is 1. The van der Waals surface area contributed by atoms with Gasteiger partial charge >= 0.3 is 0 Å². The van der Waals surface area contributed by atoms with Crippen LogP contribution in [0.3, 0.4) is 0 Å². The van der Waals surface area contributed by atoms with E-state index in [1.807, 2.05) is 13.0 Å². The molecule has 1 heterocycles. The van der Waals surface area contributed by atoms with E-state index < -0.39 is 5.91 Å². The molecule has 1 amide bonds. The maximum absolute atomic E-state index is 12.5. The van der Waals surface area contributed by atoms with E-state index in [2.05, 4.69) is 5.32 Å². The lowest BCUT2D eigenvalue weighted by molar-refractivity contribution is -0.112. The van der Waals surface area contributed by atoms with Crippen LogP contribution in [0.25, 0.3) is 6.08 Å². The molecule has 5 nitrogen and oxygen atoms in total. The van der Waals surface area contributed by atoms with Gasteiger partial charge in [0.15, 0.2) is 11.5 Å². The van der Waals surface area contributed by atoms with E-state index in [1.54, 1.807) is 30.3 Å². The van der Waals surface area contributed by atoms with Gasteiger partial charge in [-0.1, -0.05) is 29.3 Å². The fourth-order valence-corrected chi connectivity index (χ4v) is 2.89. The lowest BCUT2D eigenvalue weighted by Gasteiger charge is -2.19. The van der Waals surface area contributed by atoms with E-state index in [4.69, 9.17) is 32.7 Å². The van der Waals surface area contributed by atoms with E-state index in [0.717, 1.165) is 5.56 Å². The fourth-order valence-electron chi connectivity index (χ4n) is 2.45. The number of nitrogens with zero attached hydrogens (tertiary/aromatic N) is 1. The third-order valence-electron chi connectivity index (χ3n) is 3.74. The van der Waals surface area contributed by atoms with Crippen LogP contribution in [0.1, 0.15) is 11.1 Å². The van der Waals surface area contributed by atoms with Gasteiger partial charge in [0.1, 0.15) is 24.9 Å². The molecule has 0 spiro atoms. The van der Waals surface area contributed by atoms with Crippen molar-refractivity contribution in [2.24, 2.45) is 0 Å². The number of carbonyl (C=O) groups is 1. The summed E-state index contributed by atoms with van der Waals surface area (Å²) in [5.41, 5.74) is 1.87. The predicted molar refractivity (Wildman–Crippen MR) is 101 cm³/mol. The van der Waals surface area contributed by atoms with Crippen LogP contribution >= 0.6 is 23.2 Å². The first kappa shape index (κ1) is 18.1. The molecular formula is C19H14Cl2N2O3. The lowest BCUT2D eigenvalue weighted by Crippen LogP contribution is -2.16. The Hall–Kier alpha value is -2.68. The summed E-state index contributed by atoms with van der Waals surface area (Å²) in [6.07, 6.45) is 1.44. The highest BCUT2D eigenvalue weighted by Crippen LogP contribution is 2.38. The number of aryl methyl sites for hydroxylation is 1. The maximum Gasteiger partial charge on any atom is 0.266 e. The van der Waals surface area contributed by atoms with E-state index in [-0.39, 0.29) is 5.57 Å². The average Bonchev–Trinajstić information content (AvgIpc) is 2.62. The topological polar surface area (TPSA) is 71.4 Å². The molecule has 0 aliphatic carbocycles. The minimum atomic E-state index is -0.538. The maximum atomic E-state index is 12.5. The van der Waals surface area contributed by atoms with Crippen molar-refractivity contribution in [3.63, 3.8) is 0 Å². The Balaban J connectivity index is 1.88. The molecular weight excluding hydrogens is 375 g/mol. The molecule has 132 valence electrons. The largest absolute Gasteiger partial charge is 0.486 e. The summed E-state index contributed by atoms with van der Waals surface area (Å²) >= 11 is 12.1. The smallest absolute Gasteiger partial charge is 0.266 e. The first-order valence-electron chi connectivity index (χ1n) is 7.76. The van der Waals surface area contributed by atoms with Crippen molar-refractivity contribution in [3.8, 4) is 17.6 Å². The van der Waals surface area contributed by atoms with Gasteiger partial charge < -0.3 is 14.8 Å². The van der Waals surface area contributed by atoms with E-state index >= 15 is 0 Å². The van der Waals surface area contributed by atoms with Crippen LogP contribution < -0.4 is 14.8 Å². The van der Waals surface area contributed by atoms with Gasteiger partial charge in [-0.15, -0.1) is 0 Å². The molecule has 0 unspecified atom stereocenters. The average molecular weight is 389 g/mol. The zero-order chi connectivity index (χ0) is 18.7. The van der Waals surface area contributed by atoms with Gasteiger partial charge in [0.2, 0.25) is 0 Å². The van der Waals surface area contributed by atoms with Gasteiger partial charge in [-0.2, -0.15) is 5.26 Å². The summed E-state index contributed by atoms with van der Waals surface area (Å²) in [7, 11) is 0. The van der Waals surface area contributed by atoms with Crippen molar-refractivity contribution in [1.82, 2.24) is 0 Å². The Bertz CT molecular complexity index is 949. The third-order valence-corrected chi connectivity index (χ3v) is 4.26. The number of ether oxygens (including phenoxy) is 2. The molecule has 0 saturated heterocycles. The predicted octanol–water partition coefficient (Wildman–Crippen LogP) is 4.62. The molecule has 1 aliphatic rings. The summed E-state index contributed by atoms with van der Waals surface area (Å²) in [5, 5.41) is 12.9. The molecule has 0 fully saturated rings. The molecule has 1 aliphatic heterocycles. The zero-order valence-corrected chi connectivity index (χ0v) is 15.3. The van der Waals surface area contributed by atoms with Gasteiger partial charge in [-0.05, 0) is 48.4 Å². The van der Waals surface area contributed by atoms with Gasteiger partial charge in [-0.25, -0.2) is 0 Å². The van der Waals surface area contributed by atoms with Crippen LogP contribution in [-0.4, -0.2) is 19.1 Å². The summed E-state index contributed by atoms with van der Waals surface area (Å²) < 4.78 is 11.0. The second-order valence-corrected chi connectivity index (χ2v) is 6.45. The molecule has 26 heavy (non-hydrogen) atoms. The van der Waals surface area contributed by atoms with Crippen LogP contribution in [0, 0.1) is 18.3 Å². The monoisotopic (exact) mass is 388 g/mol. The highest BCUT2D eigenvalue weighted by atomic mass is 35.5. The molecule has 0 atom stereocenters. The molecule has 0 radical (unpaired) electrons. The third kappa shape index (κ3) is 3.93. The van der Waals surface area contributed by atoms with Crippen molar-refractivity contribution in [1.29, 1.82) is 5.26 Å². The zero-order valence-electron chi connectivity index (χ0n) is 13.8. The van der Waals surface area contributed by atoms with Crippen LogP contribution in [-0.2, 0) is 4.79 Å². The number of hydrogen-bond acceptors (Lipinski definition) is 4.